The number of hydrogen-bond acceptors (Lipinski definition) is 4. The molecule has 19 heavy (non-hydrogen) atoms. The van der Waals surface area contributed by atoms with Crippen molar-refractivity contribution in [2.24, 2.45) is 5.73 Å². The predicted octanol–water partition coefficient (Wildman–Crippen LogP) is 1.70. The molecule has 1 aromatic rings. The second-order valence-corrected chi connectivity index (χ2v) is 4.80. The molecule has 0 aliphatic rings. The van der Waals surface area contributed by atoms with Crippen molar-refractivity contribution in [3.63, 3.8) is 0 Å². The molecule has 6 heteroatoms. The molecule has 0 radical (unpaired) electrons. The monoisotopic (exact) mass is 270 g/mol. The van der Waals surface area contributed by atoms with Gasteiger partial charge in [-0.15, -0.1) is 0 Å². The molecule has 5 nitrogen and oxygen atoms in total. The topological polar surface area (TPSA) is 87.6 Å². The maximum atomic E-state index is 13.6. The van der Waals surface area contributed by atoms with E-state index in [0.717, 1.165) is 6.07 Å². The van der Waals surface area contributed by atoms with Gasteiger partial charge >= 0.3 is 0 Å². The van der Waals surface area contributed by atoms with Crippen LogP contribution in [0, 0.1) is 5.82 Å². The van der Waals surface area contributed by atoms with Gasteiger partial charge in [0, 0.05) is 25.3 Å². The minimum atomic E-state index is -0.723. The van der Waals surface area contributed by atoms with Crippen molar-refractivity contribution in [3.8, 4) is 5.75 Å². The lowest BCUT2D eigenvalue weighted by Crippen LogP contribution is -2.25. The summed E-state index contributed by atoms with van der Waals surface area (Å²) in [5.74, 6) is -1.40. The fourth-order valence-electron chi connectivity index (χ4n) is 1.40. The predicted molar refractivity (Wildman–Crippen MR) is 70.5 cm³/mol. The van der Waals surface area contributed by atoms with Gasteiger partial charge in [0.2, 0.25) is 0 Å². The molecule has 0 aliphatic heterocycles. The molecular weight excluding hydrogens is 251 g/mol. The Morgan fingerprint density at radius 3 is 2.58 bits per heavy atom. The second-order valence-electron chi connectivity index (χ2n) is 4.80. The first-order valence-corrected chi connectivity index (χ1v) is 5.83. The molecule has 0 unspecified atom stereocenters. The summed E-state index contributed by atoms with van der Waals surface area (Å²) >= 11 is 0. The van der Waals surface area contributed by atoms with E-state index >= 15 is 0 Å². The van der Waals surface area contributed by atoms with Crippen LogP contribution in [0.1, 0.15) is 30.6 Å². The van der Waals surface area contributed by atoms with E-state index in [9.17, 15) is 9.18 Å². The lowest BCUT2D eigenvalue weighted by Gasteiger charge is -2.22. The number of nitrogens with two attached hydrogens (primary N) is 2. The van der Waals surface area contributed by atoms with Gasteiger partial charge in [0.15, 0.2) is 11.6 Å². The standard InChI is InChI=1S/C13H19FN2O3/c1-13(2,18-3)4-5-19-11-6-8(12(16)17)10(15)7-9(11)14/h6-7H,4-5,15H2,1-3H3,(H2,16,17). The lowest BCUT2D eigenvalue weighted by atomic mass is 10.1. The van der Waals surface area contributed by atoms with Crippen molar-refractivity contribution in [2.45, 2.75) is 25.9 Å². The highest BCUT2D eigenvalue weighted by Gasteiger charge is 2.17. The van der Waals surface area contributed by atoms with Crippen LogP contribution in [0.15, 0.2) is 12.1 Å². The normalized spacial score (nSPS) is 11.4. The number of carbonyl (C=O) groups excluding carboxylic acids is 1. The average Bonchev–Trinajstić information content (AvgIpc) is 2.31. The van der Waals surface area contributed by atoms with Crippen molar-refractivity contribution in [2.75, 3.05) is 19.5 Å². The minimum absolute atomic E-state index is 0.00503. The van der Waals surface area contributed by atoms with Gasteiger partial charge in [0.1, 0.15) is 0 Å². The summed E-state index contributed by atoms with van der Waals surface area (Å²) in [6.07, 6.45) is 0.569. The van der Waals surface area contributed by atoms with Gasteiger partial charge in [-0.25, -0.2) is 4.39 Å². The van der Waals surface area contributed by atoms with E-state index in [1.54, 1.807) is 7.11 Å². The van der Waals surface area contributed by atoms with Crippen LogP contribution in [-0.4, -0.2) is 25.2 Å². The Labute approximate surface area is 111 Å². The van der Waals surface area contributed by atoms with Crippen molar-refractivity contribution >= 4 is 11.6 Å². The second kappa shape index (κ2) is 5.88. The van der Waals surface area contributed by atoms with Crippen molar-refractivity contribution < 1.29 is 18.7 Å². The van der Waals surface area contributed by atoms with Crippen LogP contribution in [-0.2, 0) is 4.74 Å². The first-order valence-electron chi connectivity index (χ1n) is 5.83. The molecule has 1 aromatic carbocycles. The van der Waals surface area contributed by atoms with E-state index in [1.165, 1.54) is 6.07 Å². The molecule has 1 rings (SSSR count). The van der Waals surface area contributed by atoms with Gasteiger partial charge < -0.3 is 20.9 Å². The Kier molecular flexibility index (Phi) is 4.72. The summed E-state index contributed by atoms with van der Waals surface area (Å²) in [5, 5.41) is 0. The number of anilines is 1. The largest absolute Gasteiger partial charge is 0.490 e. The highest BCUT2D eigenvalue weighted by molar-refractivity contribution is 5.98. The summed E-state index contributed by atoms with van der Waals surface area (Å²) in [7, 11) is 1.59. The van der Waals surface area contributed by atoms with Gasteiger partial charge in [-0.2, -0.15) is 0 Å². The lowest BCUT2D eigenvalue weighted by molar-refractivity contribution is 0.00512. The van der Waals surface area contributed by atoms with Crippen molar-refractivity contribution in [3.05, 3.63) is 23.5 Å². The Morgan fingerprint density at radius 1 is 1.42 bits per heavy atom. The molecule has 0 aromatic heterocycles. The molecule has 0 heterocycles. The maximum Gasteiger partial charge on any atom is 0.250 e. The summed E-state index contributed by atoms with van der Waals surface area (Å²) in [4.78, 5) is 11.1. The number of benzene rings is 1. The quantitative estimate of drug-likeness (QED) is 0.770. The van der Waals surface area contributed by atoms with Gasteiger partial charge in [0.25, 0.3) is 5.91 Å². The zero-order valence-corrected chi connectivity index (χ0v) is 11.3. The Balaban J connectivity index is 2.79. The Morgan fingerprint density at radius 2 is 2.05 bits per heavy atom. The number of ether oxygens (including phenoxy) is 2. The number of nitrogen functional groups attached to an aromatic ring is 1. The van der Waals surface area contributed by atoms with Crippen LogP contribution in [0.25, 0.3) is 0 Å². The Bertz CT molecular complexity index is 475. The molecule has 0 aliphatic carbocycles. The van der Waals surface area contributed by atoms with Crippen LogP contribution in [0.5, 0.6) is 5.75 Å². The molecule has 0 bridgehead atoms. The number of amides is 1. The first-order chi connectivity index (χ1) is 8.76. The van der Waals surface area contributed by atoms with Gasteiger partial charge in [-0.3, -0.25) is 4.79 Å². The maximum absolute atomic E-state index is 13.6. The third-order valence-electron chi connectivity index (χ3n) is 2.88. The average molecular weight is 270 g/mol. The number of halogens is 1. The van der Waals surface area contributed by atoms with E-state index in [-0.39, 0.29) is 29.2 Å². The third-order valence-corrected chi connectivity index (χ3v) is 2.88. The number of carbonyl (C=O) groups is 1. The summed E-state index contributed by atoms with van der Waals surface area (Å²) in [5.41, 5.74) is 10.3. The first kappa shape index (κ1) is 15.2. The van der Waals surface area contributed by atoms with Crippen molar-refractivity contribution in [1.29, 1.82) is 0 Å². The zero-order valence-electron chi connectivity index (χ0n) is 11.3. The molecule has 0 fully saturated rings. The van der Waals surface area contributed by atoms with Crippen LogP contribution >= 0.6 is 0 Å². The van der Waals surface area contributed by atoms with Gasteiger partial charge in [0.05, 0.1) is 17.8 Å². The summed E-state index contributed by atoms with van der Waals surface area (Å²) in [6.45, 7) is 4.04. The molecule has 0 saturated heterocycles. The van der Waals surface area contributed by atoms with E-state index in [1.807, 2.05) is 13.8 Å². The zero-order chi connectivity index (χ0) is 14.6. The van der Waals surface area contributed by atoms with Crippen LogP contribution in [0.3, 0.4) is 0 Å². The summed E-state index contributed by atoms with van der Waals surface area (Å²) < 4.78 is 24.1. The van der Waals surface area contributed by atoms with E-state index in [4.69, 9.17) is 20.9 Å². The molecule has 0 saturated carbocycles. The molecule has 1 amide bonds. The third kappa shape index (κ3) is 4.10. The van der Waals surface area contributed by atoms with Crippen LogP contribution < -0.4 is 16.2 Å². The molecule has 106 valence electrons. The number of methoxy groups -OCH3 is 1. The van der Waals surface area contributed by atoms with Crippen LogP contribution in [0.4, 0.5) is 10.1 Å². The van der Waals surface area contributed by atoms with Gasteiger partial charge in [-0.1, -0.05) is 0 Å². The van der Waals surface area contributed by atoms with E-state index < -0.39 is 11.7 Å². The minimum Gasteiger partial charge on any atom is -0.490 e. The smallest absolute Gasteiger partial charge is 0.250 e. The van der Waals surface area contributed by atoms with Crippen molar-refractivity contribution in [1.82, 2.24) is 0 Å². The molecule has 4 N–H and O–H groups in total. The molecule has 0 atom stereocenters. The Hall–Kier alpha value is -1.82. The molecule has 0 spiro atoms. The fraction of sp³-hybridized carbons (Fsp3) is 0.462. The van der Waals surface area contributed by atoms with Crippen LogP contribution in [0.2, 0.25) is 0 Å². The highest BCUT2D eigenvalue weighted by atomic mass is 19.1. The van der Waals surface area contributed by atoms with E-state index in [0.29, 0.717) is 6.42 Å². The number of rotatable bonds is 6. The van der Waals surface area contributed by atoms with E-state index in [2.05, 4.69) is 0 Å². The van der Waals surface area contributed by atoms with Gasteiger partial charge in [-0.05, 0) is 19.9 Å². The number of primary amides is 1. The summed E-state index contributed by atoms with van der Waals surface area (Å²) in [6, 6.07) is 2.24. The number of hydrogen-bond donors (Lipinski definition) is 2. The highest BCUT2D eigenvalue weighted by Crippen LogP contribution is 2.24. The fourth-order valence-corrected chi connectivity index (χ4v) is 1.40. The SMILES string of the molecule is COC(C)(C)CCOc1cc(C(N)=O)c(N)cc1F. The molecular formula is C13H19FN2O3.